The fourth-order valence-electron chi connectivity index (χ4n) is 4.01. The van der Waals surface area contributed by atoms with Crippen molar-refractivity contribution >= 4 is 10.8 Å². The van der Waals surface area contributed by atoms with Crippen LogP contribution in [0.15, 0.2) is 72.8 Å². The molecule has 0 bridgehead atoms. The summed E-state index contributed by atoms with van der Waals surface area (Å²) in [6.45, 7) is 3.63. The van der Waals surface area contributed by atoms with Gasteiger partial charge in [0.05, 0.1) is 0 Å². The molecule has 0 spiro atoms. The molecule has 122 valence electrons. The van der Waals surface area contributed by atoms with Crippen LogP contribution >= 0.6 is 0 Å². The van der Waals surface area contributed by atoms with Gasteiger partial charge < -0.3 is 4.90 Å². The van der Waals surface area contributed by atoms with E-state index in [1.54, 1.807) is 5.56 Å². The van der Waals surface area contributed by atoms with Gasteiger partial charge in [0.1, 0.15) is 0 Å². The molecule has 1 fully saturated rings. The van der Waals surface area contributed by atoms with E-state index >= 15 is 0 Å². The van der Waals surface area contributed by atoms with Crippen LogP contribution in [0.2, 0.25) is 0 Å². The number of piperidine rings is 1. The molecule has 4 rings (SSSR count). The molecule has 0 unspecified atom stereocenters. The summed E-state index contributed by atoms with van der Waals surface area (Å²) in [5.74, 6) is 0.712. The maximum absolute atomic E-state index is 2.63. The summed E-state index contributed by atoms with van der Waals surface area (Å²) >= 11 is 0. The van der Waals surface area contributed by atoms with E-state index in [1.807, 2.05) is 0 Å². The molecule has 1 nitrogen and oxygen atoms in total. The van der Waals surface area contributed by atoms with Gasteiger partial charge in [0, 0.05) is 6.54 Å². The van der Waals surface area contributed by atoms with Crippen molar-refractivity contribution in [1.29, 1.82) is 0 Å². The quantitative estimate of drug-likeness (QED) is 0.634. The molecule has 1 aliphatic rings. The second kappa shape index (κ2) is 7.19. The third-order valence-corrected chi connectivity index (χ3v) is 5.41. The monoisotopic (exact) mass is 315 g/mol. The first-order valence-corrected chi connectivity index (χ1v) is 9.14. The van der Waals surface area contributed by atoms with E-state index < -0.39 is 0 Å². The molecule has 0 aromatic heterocycles. The van der Waals surface area contributed by atoms with Crippen molar-refractivity contribution in [2.75, 3.05) is 19.6 Å². The lowest BCUT2D eigenvalue weighted by atomic mass is 9.86. The lowest BCUT2D eigenvalue weighted by Gasteiger charge is -2.32. The molecule has 1 saturated heterocycles. The van der Waals surface area contributed by atoms with Crippen LogP contribution in [0.3, 0.4) is 0 Å². The maximum Gasteiger partial charge on any atom is 0.00218 e. The van der Waals surface area contributed by atoms with Crippen molar-refractivity contribution in [2.24, 2.45) is 0 Å². The van der Waals surface area contributed by atoms with Gasteiger partial charge in [0.2, 0.25) is 0 Å². The topological polar surface area (TPSA) is 3.24 Å². The average Bonchev–Trinajstić information content (AvgIpc) is 2.67. The normalized spacial score (nSPS) is 16.5. The number of nitrogens with zero attached hydrogens (tertiary/aromatic N) is 1. The molecule has 0 radical (unpaired) electrons. The Balaban J connectivity index is 1.39. The summed E-state index contributed by atoms with van der Waals surface area (Å²) in [5, 5.41) is 2.82. The lowest BCUT2D eigenvalue weighted by Crippen LogP contribution is -2.34. The molecular weight excluding hydrogens is 290 g/mol. The zero-order valence-corrected chi connectivity index (χ0v) is 14.2. The highest BCUT2D eigenvalue weighted by atomic mass is 15.1. The summed E-state index contributed by atoms with van der Waals surface area (Å²) in [5.41, 5.74) is 3.00. The highest BCUT2D eigenvalue weighted by Gasteiger charge is 2.21. The number of fused-ring (bicyclic) bond motifs is 1. The van der Waals surface area contributed by atoms with Crippen LogP contribution in [0.5, 0.6) is 0 Å². The zero-order chi connectivity index (χ0) is 16.2. The van der Waals surface area contributed by atoms with Gasteiger partial charge in [-0.05, 0) is 60.2 Å². The number of likely N-dealkylation sites (tertiary alicyclic amines) is 1. The van der Waals surface area contributed by atoms with Crippen LogP contribution in [0.1, 0.15) is 29.9 Å². The van der Waals surface area contributed by atoms with Gasteiger partial charge in [-0.3, -0.25) is 0 Å². The molecule has 3 aromatic carbocycles. The van der Waals surface area contributed by atoms with Crippen molar-refractivity contribution < 1.29 is 0 Å². The molecule has 24 heavy (non-hydrogen) atoms. The van der Waals surface area contributed by atoms with Crippen LogP contribution in [-0.2, 0) is 6.42 Å². The summed E-state index contributed by atoms with van der Waals surface area (Å²) in [4.78, 5) is 2.63. The van der Waals surface area contributed by atoms with E-state index in [0.29, 0.717) is 5.92 Å². The Labute approximate surface area is 144 Å². The van der Waals surface area contributed by atoms with E-state index in [2.05, 4.69) is 77.7 Å². The Bertz CT molecular complexity index is 780. The summed E-state index contributed by atoms with van der Waals surface area (Å²) < 4.78 is 0. The molecule has 1 heteroatoms. The summed E-state index contributed by atoms with van der Waals surface area (Å²) in [6, 6.07) is 26.5. The highest BCUT2D eigenvalue weighted by molar-refractivity contribution is 5.86. The standard InChI is InChI=1S/C23H25N/c1-2-7-19(8-3-1)13-16-24-17-14-21(15-18-24)23-12-6-10-20-9-4-5-11-22(20)23/h1-12,21H,13-18H2. The molecule has 0 aliphatic carbocycles. The number of benzene rings is 3. The number of hydrogen-bond acceptors (Lipinski definition) is 1. The van der Waals surface area contributed by atoms with E-state index in [0.717, 1.165) is 0 Å². The minimum atomic E-state index is 0.712. The van der Waals surface area contributed by atoms with Gasteiger partial charge in [-0.1, -0.05) is 72.8 Å². The summed E-state index contributed by atoms with van der Waals surface area (Å²) in [7, 11) is 0. The molecule has 3 aromatic rings. The largest absolute Gasteiger partial charge is 0.303 e. The Kier molecular flexibility index (Phi) is 4.62. The van der Waals surface area contributed by atoms with Crippen molar-refractivity contribution in [3.8, 4) is 0 Å². The smallest absolute Gasteiger partial charge is 0.00218 e. The average molecular weight is 315 g/mol. The third kappa shape index (κ3) is 3.37. The second-order valence-electron chi connectivity index (χ2n) is 6.92. The predicted octanol–water partition coefficient (Wildman–Crippen LogP) is 5.26. The maximum atomic E-state index is 2.63. The van der Waals surface area contributed by atoms with Crippen LogP contribution in [0.4, 0.5) is 0 Å². The fraction of sp³-hybridized carbons (Fsp3) is 0.304. The Morgan fingerprint density at radius 3 is 2.29 bits per heavy atom. The van der Waals surface area contributed by atoms with Gasteiger partial charge >= 0.3 is 0 Å². The van der Waals surface area contributed by atoms with Crippen LogP contribution in [0, 0.1) is 0 Å². The van der Waals surface area contributed by atoms with E-state index in [4.69, 9.17) is 0 Å². The van der Waals surface area contributed by atoms with Gasteiger partial charge in [-0.15, -0.1) is 0 Å². The van der Waals surface area contributed by atoms with E-state index in [-0.39, 0.29) is 0 Å². The summed E-state index contributed by atoms with van der Waals surface area (Å²) in [6.07, 6.45) is 3.73. The lowest BCUT2D eigenvalue weighted by molar-refractivity contribution is 0.215. The van der Waals surface area contributed by atoms with Crippen molar-refractivity contribution in [3.63, 3.8) is 0 Å². The van der Waals surface area contributed by atoms with Gasteiger partial charge in [-0.2, -0.15) is 0 Å². The highest BCUT2D eigenvalue weighted by Crippen LogP contribution is 2.33. The van der Waals surface area contributed by atoms with Gasteiger partial charge in [0.15, 0.2) is 0 Å². The molecule has 0 N–H and O–H groups in total. The Morgan fingerprint density at radius 1 is 0.750 bits per heavy atom. The predicted molar refractivity (Wildman–Crippen MR) is 103 cm³/mol. The number of rotatable bonds is 4. The number of hydrogen-bond donors (Lipinski definition) is 0. The van der Waals surface area contributed by atoms with Crippen LogP contribution in [0.25, 0.3) is 10.8 Å². The van der Waals surface area contributed by atoms with Crippen LogP contribution < -0.4 is 0 Å². The molecule has 0 saturated carbocycles. The van der Waals surface area contributed by atoms with Gasteiger partial charge in [-0.25, -0.2) is 0 Å². The van der Waals surface area contributed by atoms with E-state index in [1.165, 1.54) is 55.2 Å². The van der Waals surface area contributed by atoms with Crippen molar-refractivity contribution in [3.05, 3.63) is 83.9 Å². The van der Waals surface area contributed by atoms with Gasteiger partial charge in [0.25, 0.3) is 0 Å². The molecule has 1 heterocycles. The van der Waals surface area contributed by atoms with Crippen LogP contribution in [-0.4, -0.2) is 24.5 Å². The molecule has 0 amide bonds. The minimum Gasteiger partial charge on any atom is -0.303 e. The molecule has 1 aliphatic heterocycles. The first kappa shape index (κ1) is 15.4. The second-order valence-corrected chi connectivity index (χ2v) is 6.92. The van der Waals surface area contributed by atoms with E-state index in [9.17, 15) is 0 Å². The van der Waals surface area contributed by atoms with Crippen molar-refractivity contribution in [2.45, 2.75) is 25.2 Å². The molecular formula is C23H25N. The van der Waals surface area contributed by atoms with Crippen molar-refractivity contribution in [1.82, 2.24) is 4.90 Å². The first-order valence-electron chi connectivity index (χ1n) is 9.14. The Morgan fingerprint density at radius 2 is 1.46 bits per heavy atom. The Hall–Kier alpha value is -2.12. The zero-order valence-electron chi connectivity index (χ0n) is 14.2. The first-order chi connectivity index (χ1) is 11.9. The third-order valence-electron chi connectivity index (χ3n) is 5.41. The fourth-order valence-corrected chi connectivity index (χ4v) is 4.01. The SMILES string of the molecule is c1ccc(CCN2CCC(c3cccc4ccccc34)CC2)cc1. The minimum absolute atomic E-state index is 0.712. The molecule has 0 atom stereocenters.